The maximum Gasteiger partial charge on any atom is 0.355 e. The van der Waals surface area contributed by atoms with Crippen molar-refractivity contribution in [3.63, 3.8) is 0 Å². The molecule has 0 atom stereocenters. The molecule has 0 saturated heterocycles. The van der Waals surface area contributed by atoms with E-state index < -0.39 is 16.0 Å². The fourth-order valence-corrected chi connectivity index (χ4v) is 6.00. The van der Waals surface area contributed by atoms with Crippen LogP contribution in [0.3, 0.4) is 0 Å². The first-order valence-electron chi connectivity index (χ1n) is 12.6. The molecule has 0 unspecified atom stereocenters. The van der Waals surface area contributed by atoms with E-state index in [2.05, 4.69) is 4.98 Å². The summed E-state index contributed by atoms with van der Waals surface area (Å²) in [6, 6.07) is 7.80. The number of thiazole rings is 1. The molecule has 0 amide bonds. The van der Waals surface area contributed by atoms with Crippen LogP contribution in [-0.2, 0) is 22.9 Å². The van der Waals surface area contributed by atoms with Crippen molar-refractivity contribution in [1.82, 2.24) is 14.8 Å². The highest BCUT2D eigenvalue weighted by molar-refractivity contribution is 7.93. The van der Waals surface area contributed by atoms with Crippen LogP contribution in [0.1, 0.15) is 61.3 Å². The quantitative estimate of drug-likeness (QED) is 0.365. The number of rotatable bonds is 10. The lowest BCUT2D eigenvalue weighted by Crippen LogP contribution is -2.16. The average molecular weight is 555 g/mol. The summed E-state index contributed by atoms with van der Waals surface area (Å²) in [6.07, 6.45) is 8.05. The Morgan fingerprint density at radius 2 is 2.05 bits per heavy atom. The van der Waals surface area contributed by atoms with E-state index in [0.29, 0.717) is 30.3 Å². The van der Waals surface area contributed by atoms with Gasteiger partial charge in [0, 0.05) is 16.5 Å². The van der Waals surface area contributed by atoms with Gasteiger partial charge in [0.15, 0.2) is 5.69 Å². The van der Waals surface area contributed by atoms with Gasteiger partial charge >= 0.3 is 5.97 Å². The molecule has 0 aliphatic heterocycles. The molecule has 2 heterocycles. The molecule has 3 N–H and O–H groups in total. The molecule has 11 heteroatoms. The normalized spacial score (nSPS) is 15.9. The summed E-state index contributed by atoms with van der Waals surface area (Å²) < 4.78 is 31.3. The van der Waals surface area contributed by atoms with Gasteiger partial charge in [0.2, 0.25) is 15.2 Å². The second kappa shape index (κ2) is 10.5. The van der Waals surface area contributed by atoms with Gasteiger partial charge in [-0.05, 0) is 76.5 Å². The van der Waals surface area contributed by atoms with Gasteiger partial charge in [-0.1, -0.05) is 23.8 Å². The molecule has 2 aliphatic carbocycles. The van der Waals surface area contributed by atoms with E-state index in [0.717, 1.165) is 53.1 Å². The van der Waals surface area contributed by atoms with Crippen molar-refractivity contribution in [2.45, 2.75) is 58.5 Å². The minimum absolute atomic E-state index is 0.0102. The summed E-state index contributed by atoms with van der Waals surface area (Å²) in [5.41, 5.74) is 4.78. The number of allylic oxidation sites excluding steroid dienone is 4. The molecule has 200 valence electrons. The second-order valence-corrected chi connectivity index (χ2v) is 12.5. The van der Waals surface area contributed by atoms with Crippen molar-refractivity contribution in [2.75, 3.05) is 0 Å². The predicted octanol–water partition coefficient (Wildman–Crippen LogP) is 4.87. The summed E-state index contributed by atoms with van der Waals surface area (Å²) in [4.78, 5) is 16.1. The van der Waals surface area contributed by atoms with Crippen molar-refractivity contribution < 1.29 is 23.1 Å². The predicted molar refractivity (Wildman–Crippen MR) is 146 cm³/mol. The molecular weight excluding hydrogens is 524 g/mol. The summed E-state index contributed by atoms with van der Waals surface area (Å²) in [6.45, 7) is 3.95. The number of primary sulfonamides is 1. The topological polar surface area (TPSA) is 137 Å². The van der Waals surface area contributed by atoms with Crippen LogP contribution in [0.15, 0.2) is 52.3 Å². The Kier molecular flexibility index (Phi) is 7.26. The minimum Gasteiger partial charge on any atom is -0.491 e. The number of hydrogen-bond acceptors (Lipinski definition) is 7. The number of benzene rings is 1. The van der Waals surface area contributed by atoms with E-state index in [9.17, 15) is 18.3 Å². The minimum atomic E-state index is -3.71. The van der Waals surface area contributed by atoms with Gasteiger partial charge in [-0.15, -0.1) is 11.3 Å². The Balaban J connectivity index is 1.64. The van der Waals surface area contributed by atoms with E-state index in [1.54, 1.807) is 10.8 Å². The summed E-state index contributed by atoms with van der Waals surface area (Å²) in [7, 11) is -3.71. The molecule has 5 rings (SSSR count). The SMILES string of the molecule is CC(C)Oc1cccc(-c2nn(-c3nc(C(=O)O)cs3)c(CC3CC3)c2CC2=CC=C(S(N)(=O)=O)CC2)c1. The third kappa shape index (κ3) is 5.90. The maximum absolute atomic E-state index is 11.8. The van der Waals surface area contributed by atoms with Crippen LogP contribution in [0.2, 0.25) is 0 Å². The van der Waals surface area contributed by atoms with Gasteiger partial charge < -0.3 is 9.84 Å². The highest BCUT2D eigenvalue weighted by Crippen LogP contribution is 2.39. The van der Waals surface area contributed by atoms with Crippen LogP contribution in [-0.4, -0.2) is 40.4 Å². The number of ether oxygens (including phenoxy) is 1. The lowest BCUT2D eigenvalue weighted by Gasteiger charge is -2.15. The molecule has 38 heavy (non-hydrogen) atoms. The van der Waals surface area contributed by atoms with E-state index in [4.69, 9.17) is 15.0 Å². The molecule has 2 aliphatic rings. The van der Waals surface area contributed by atoms with Crippen molar-refractivity contribution in [3.8, 4) is 22.1 Å². The smallest absolute Gasteiger partial charge is 0.355 e. The van der Waals surface area contributed by atoms with Gasteiger partial charge in [-0.3, -0.25) is 0 Å². The first-order valence-corrected chi connectivity index (χ1v) is 15.0. The largest absolute Gasteiger partial charge is 0.491 e. The standard InChI is InChI=1S/C27H30N4O5S2/c1-16(2)36-20-5-3-4-19(14-20)25-22(12-17-8-10-21(11-9-17)38(28,34)35)24(13-18-6-7-18)31(30-25)27-29-23(15-37-27)26(32)33/h3-5,8,10,14-16,18H,6-7,9,11-13H2,1-2H3,(H,32,33)(H2,28,34,35). The number of carbonyl (C=O) groups is 1. The summed E-state index contributed by atoms with van der Waals surface area (Å²) in [5.74, 6) is 0.203. The molecular formula is C27H30N4O5S2. The summed E-state index contributed by atoms with van der Waals surface area (Å²) in [5, 5.41) is 21.8. The first-order chi connectivity index (χ1) is 18.1. The van der Waals surface area contributed by atoms with Crippen molar-refractivity contribution in [3.05, 3.63) is 69.2 Å². The third-order valence-electron chi connectivity index (χ3n) is 6.61. The van der Waals surface area contributed by atoms with Gasteiger partial charge in [0.25, 0.3) is 0 Å². The van der Waals surface area contributed by atoms with E-state index in [1.807, 2.05) is 44.2 Å². The highest BCUT2D eigenvalue weighted by atomic mass is 32.2. The van der Waals surface area contributed by atoms with E-state index in [-0.39, 0.29) is 16.7 Å². The Bertz CT molecular complexity index is 1540. The zero-order valence-corrected chi connectivity index (χ0v) is 22.9. The van der Waals surface area contributed by atoms with E-state index in [1.165, 1.54) is 16.7 Å². The summed E-state index contributed by atoms with van der Waals surface area (Å²) >= 11 is 1.25. The van der Waals surface area contributed by atoms with Crippen LogP contribution >= 0.6 is 11.3 Å². The number of hydrogen-bond donors (Lipinski definition) is 2. The maximum atomic E-state index is 11.8. The fraction of sp³-hybridized carbons (Fsp3) is 0.370. The monoisotopic (exact) mass is 554 g/mol. The highest BCUT2D eigenvalue weighted by Gasteiger charge is 2.30. The Hall–Kier alpha value is -3.28. The van der Waals surface area contributed by atoms with Crippen LogP contribution in [0, 0.1) is 5.92 Å². The number of aromatic nitrogens is 3. The molecule has 3 aromatic rings. The molecule has 9 nitrogen and oxygen atoms in total. The third-order valence-corrected chi connectivity index (χ3v) is 8.49. The molecule has 1 fully saturated rings. The number of nitrogens with zero attached hydrogens (tertiary/aromatic N) is 3. The number of carboxylic acids is 1. The number of sulfonamides is 1. The lowest BCUT2D eigenvalue weighted by atomic mass is 9.93. The molecule has 0 radical (unpaired) electrons. The van der Waals surface area contributed by atoms with Gasteiger partial charge in [0.05, 0.1) is 22.4 Å². The number of carboxylic acid groups (broad SMARTS) is 1. The molecule has 0 bridgehead atoms. The van der Waals surface area contributed by atoms with Crippen molar-refractivity contribution in [2.24, 2.45) is 11.1 Å². The Morgan fingerprint density at radius 1 is 1.26 bits per heavy atom. The van der Waals surface area contributed by atoms with Gasteiger partial charge in [-0.25, -0.2) is 28.0 Å². The Labute approximate surface area is 225 Å². The van der Waals surface area contributed by atoms with Gasteiger partial charge in [-0.2, -0.15) is 5.10 Å². The lowest BCUT2D eigenvalue weighted by molar-refractivity contribution is 0.0691. The van der Waals surface area contributed by atoms with Crippen LogP contribution in [0.5, 0.6) is 5.75 Å². The Morgan fingerprint density at radius 3 is 2.66 bits per heavy atom. The number of aromatic carboxylic acids is 1. The van der Waals surface area contributed by atoms with Crippen LogP contribution in [0.4, 0.5) is 0 Å². The molecule has 0 spiro atoms. The molecule has 2 aromatic heterocycles. The number of nitrogens with two attached hydrogens (primary N) is 1. The first kappa shape index (κ1) is 26.3. The average Bonchev–Trinajstić information content (AvgIpc) is 3.41. The van der Waals surface area contributed by atoms with Gasteiger partial charge in [0.1, 0.15) is 5.75 Å². The van der Waals surface area contributed by atoms with Crippen LogP contribution < -0.4 is 9.88 Å². The second-order valence-electron chi connectivity index (χ2n) is 10.0. The molecule has 1 saturated carbocycles. The van der Waals surface area contributed by atoms with E-state index >= 15 is 0 Å². The fourth-order valence-electron chi connectivity index (χ4n) is 4.59. The zero-order chi connectivity index (χ0) is 27.0. The zero-order valence-electron chi connectivity index (χ0n) is 21.3. The van der Waals surface area contributed by atoms with Crippen molar-refractivity contribution in [1.29, 1.82) is 0 Å². The molecule has 1 aromatic carbocycles. The van der Waals surface area contributed by atoms with Crippen molar-refractivity contribution >= 4 is 27.3 Å². The van der Waals surface area contributed by atoms with Crippen LogP contribution in [0.25, 0.3) is 16.4 Å².